The number of amides is 2. The van der Waals surface area contributed by atoms with Crippen molar-refractivity contribution < 1.29 is 14.0 Å². The van der Waals surface area contributed by atoms with Gasteiger partial charge in [0.15, 0.2) is 11.2 Å². The van der Waals surface area contributed by atoms with E-state index in [4.69, 9.17) is 4.42 Å². The van der Waals surface area contributed by atoms with E-state index in [1.807, 2.05) is 0 Å². The van der Waals surface area contributed by atoms with Crippen LogP contribution in [0.4, 0.5) is 0 Å². The normalized spacial score (nSPS) is 14.2. The maximum Gasteiger partial charge on any atom is 0.417 e. The number of aromatic amines is 1. The van der Waals surface area contributed by atoms with Crippen molar-refractivity contribution in [1.29, 1.82) is 0 Å². The van der Waals surface area contributed by atoms with E-state index in [1.54, 1.807) is 30.5 Å². The lowest BCUT2D eigenvalue weighted by Crippen LogP contribution is -2.31. The van der Waals surface area contributed by atoms with Crippen molar-refractivity contribution in [2.45, 2.75) is 32.2 Å². The minimum atomic E-state index is -0.529. The third kappa shape index (κ3) is 3.98. The molecule has 0 spiro atoms. The van der Waals surface area contributed by atoms with Gasteiger partial charge in [0, 0.05) is 25.2 Å². The number of hydrogen-bond acceptors (Lipinski definition) is 6. The van der Waals surface area contributed by atoms with Gasteiger partial charge in [0.05, 0.1) is 11.7 Å². The average Bonchev–Trinajstić information content (AvgIpc) is 3.54. The topological polar surface area (TPSA) is 134 Å². The molecule has 1 aliphatic rings. The van der Waals surface area contributed by atoms with Gasteiger partial charge < -0.3 is 15.1 Å². The molecule has 1 fully saturated rings. The molecule has 1 saturated carbocycles. The van der Waals surface area contributed by atoms with Crippen molar-refractivity contribution in [3.8, 4) is 0 Å². The first kappa shape index (κ1) is 20.0. The lowest BCUT2D eigenvalue weighted by molar-refractivity contribution is 0.0939. The number of aromatic nitrogens is 4. The van der Waals surface area contributed by atoms with Crippen LogP contribution in [0.5, 0.6) is 0 Å². The van der Waals surface area contributed by atoms with Gasteiger partial charge in [-0.2, -0.15) is 5.10 Å². The quantitative estimate of drug-likeness (QED) is 0.425. The van der Waals surface area contributed by atoms with E-state index in [-0.39, 0.29) is 23.8 Å². The molecule has 1 aliphatic carbocycles. The first-order valence-electron chi connectivity index (χ1n) is 10.6. The minimum absolute atomic E-state index is 0.127. The molecule has 3 heterocycles. The van der Waals surface area contributed by atoms with Gasteiger partial charge in [-0.15, -0.1) is 0 Å². The van der Waals surface area contributed by atoms with E-state index in [0.717, 1.165) is 18.4 Å². The predicted octanol–water partition coefficient (Wildman–Crippen LogP) is 2.01. The summed E-state index contributed by atoms with van der Waals surface area (Å²) in [6.45, 7) is 0.835. The number of oxazole rings is 1. The Balaban J connectivity index is 1.32. The van der Waals surface area contributed by atoms with Crippen LogP contribution in [-0.2, 0) is 6.54 Å². The van der Waals surface area contributed by atoms with Crippen LogP contribution in [0.15, 0.2) is 45.7 Å². The van der Waals surface area contributed by atoms with Gasteiger partial charge in [-0.3, -0.25) is 14.6 Å². The zero-order chi connectivity index (χ0) is 22.1. The maximum absolute atomic E-state index is 12.8. The van der Waals surface area contributed by atoms with Gasteiger partial charge >= 0.3 is 5.76 Å². The number of carbonyl (C=O) groups excluding carboxylic acids is 2. The van der Waals surface area contributed by atoms with Crippen molar-refractivity contribution in [3.63, 3.8) is 0 Å². The Kier molecular flexibility index (Phi) is 5.18. The molecule has 10 nitrogen and oxygen atoms in total. The summed E-state index contributed by atoms with van der Waals surface area (Å²) in [5, 5.41) is 9.94. The number of H-pyrrole nitrogens is 1. The molecule has 0 radical (unpaired) electrons. The van der Waals surface area contributed by atoms with Crippen molar-refractivity contribution in [3.05, 3.63) is 64.0 Å². The minimum Gasteiger partial charge on any atom is -0.408 e. The first-order valence-corrected chi connectivity index (χ1v) is 10.6. The summed E-state index contributed by atoms with van der Waals surface area (Å²) in [4.78, 5) is 43.8. The highest BCUT2D eigenvalue weighted by atomic mass is 16.4. The molecule has 0 unspecified atom stereocenters. The van der Waals surface area contributed by atoms with E-state index in [2.05, 4.69) is 25.7 Å². The highest BCUT2D eigenvalue weighted by molar-refractivity contribution is 5.98. The SMILES string of the molecule is O=C(NCc1ccc2oc(=O)[nH]c2c1)c1cc(C(=O)NCC2CCCC2)n2nccc2n1. The van der Waals surface area contributed by atoms with Gasteiger partial charge in [-0.1, -0.05) is 18.9 Å². The van der Waals surface area contributed by atoms with Gasteiger partial charge in [-0.05, 0) is 36.5 Å². The summed E-state index contributed by atoms with van der Waals surface area (Å²) in [7, 11) is 0. The Bertz CT molecular complexity index is 1360. The summed E-state index contributed by atoms with van der Waals surface area (Å²) in [5.41, 5.74) is 2.60. The van der Waals surface area contributed by atoms with Crippen molar-refractivity contribution in [1.82, 2.24) is 30.2 Å². The maximum atomic E-state index is 12.8. The molecule has 4 aromatic rings. The fraction of sp³-hybridized carbons (Fsp3) is 0.318. The van der Waals surface area contributed by atoms with Crippen LogP contribution in [-0.4, -0.2) is 37.9 Å². The lowest BCUT2D eigenvalue weighted by atomic mass is 10.1. The third-order valence-electron chi connectivity index (χ3n) is 5.79. The van der Waals surface area contributed by atoms with E-state index in [9.17, 15) is 14.4 Å². The predicted molar refractivity (Wildman–Crippen MR) is 115 cm³/mol. The Morgan fingerprint density at radius 3 is 2.81 bits per heavy atom. The molecule has 0 bridgehead atoms. The summed E-state index contributed by atoms with van der Waals surface area (Å²) in [5.74, 6) is -0.729. The largest absolute Gasteiger partial charge is 0.417 e. The molecule has 0 saturated heterocycles. The van der Waals surface area contributed by atoms with Gasteiger partial charge in [0.2, 0.25) is 0 Å². The second-order valence-corrected chi connectivity index (χ2v) is 8.02. The summed E-state index contributed by atoms with van der Waals surface area (Å²) >= 11 is 0. The van der Waals surface area contributed by atoms with Crippen LogP contribution in [0, 0.1) is 5.92 Å². The molecule has 10 heteroatoms. The van der Waals surface area contributed by atoms with Gasteiger partial charge in [-0.25, -0.2) is 14.3 Å². The zero-order valence-electron chi connectivity index (χ0n) is 17.3. The van der Waals surface area contributed by atoms with Crippen LogP contribution in [0.1, 0.15) is 52.2 Å². The Hall–Kier alpha value is -3.95. The van der Waals surface area contributed by atoms with Crippen molar-refractivity contribution >= 4 is 28.6 Å². The number of carbonyl (C=O) groups is 2. The molecule has 0 aliphatic heterocycles. The number of benzene rings is 1. The Morgan fingerprint density at radius 1 is 1.12 bits per heavy atom. The molecule has 32 heavy (non-hydrogen) atoms. The highest BCUT2D eigenvalue weighted by Gasteiger charge is 2.20. The summed E-state index contributed by atoms with van der Waals surface area (Å²) in [6.07, 6.45) is 6.19. The first-order chi connectivity index (χ1) is 15.6. The highest BCUT2D eigenvalue weighted by Crippen LogP contribution is 2.23. The molecule has 0 atom stereocenters. The number of nitrogens with zero attached hydrogens (tertiary/aromatic N) is 3. The Morgan fingerprint density at radius 2 is 1.97 bits per heavy atom. The van der Waals surface area contributed by atoms with Crippen LogP contribution >= 0.6 is 0 Å². The molecule has 1 aromatic carbocycles. The van der Waals surface area contributed by atoms with Crippen molar-refractivity contribution in [2.75, 3.05) is 6.54 Å². The smallest absolute Gasteiger partial charge is 0.408 e. The van der Waals surface area contributed by atoms with E-state index in [0.29, 0.717) is 29.2 Å². The zero-order valence-corrected chi connectivity index (χ0v) is 17.3. The fourth-order valence-electron chi connectivity index (χ4n) is 4.12. The van der Waals surface area contributed by atoms with Crippen LogP contribution < -0.4 is 16.4 Å². The van der Waals surface area contributed by atoms with Crippen LogP contribution in [0.2, 0.25) is 0 Å². The second kappa shape index (κ2) is 8.29. The lowest BCUT2D eigenvalue weighted by Gasteiger charge is -2.12. The molecule has 2 amide bonds. The van der Waals surface area contributed by atoms with Gasteiger partial charge in [0.1, 0.15) is 11.4 Å². The molecular weight excluding hydrogens is 412 g/mol. The van der Waals surface area contributed by atoms with Crippen molar-refractivity contribution in [2.24, 2.45) is 5.92 Å². The number of hydrogen-bond donors (Lipinski definition) is 3. The number of rotatable bonds is 6. The fourth-order valence-corrected chi connectivity index (χ4v) is 4.12. The number of nitrogens with one attached hydrogen (secondary N) is 3. The third-order valence-corrected chi connectivity index (χ3v) is 5.79. The molecular formula is C22H22N6O4. The van der Waals surface area contributed by atoms with Crippen LogP contribution in [0.3, 0.4) is 0 Å². The number of fused-ring (bicyclic) bond motifs is 2. The monoisotopic (exact) mass is 434 g/mol. The molecule has 164 valence electrons. The Labute approximate surface area is 182 Å². The van der Waals surface area contributed by atoms with E-state index < -0.39 is 11.7 Å². The summed E-state index contributed by atoms with van der Waals surface area (Å²) < 4.78 is 6.42. The standard InChI is InChI=1S/C22H22N6O4/c29-20(23-12-14-5-6-18-15(9-14)27-22(31)32-18)16-10-17(28-19(26-16)7-8-25-28)21(30)24-11-13-3-1-2-4-13/h5-10,13H,1-4,11-12H2,(H,23,29)(H,24,30)(H,27,31). The van der Waals surface area contributed by atoms with Gasteiger partial charge in [0.25, 0.3) is 11.8 Å². The van der Waals surface area contributed by atoms with E-state index >= 15 is 0 Å². The van der Waals surface area contributed by atoms with Crippen LogP contribution in [0.25, 0.3) is 16.7 Å². The average molecular weight is 434 g/mol. The molecule has 3 aromatic heterocycles. The molecule has 5 rings (SSSR count). The molecule has 3 N–H and O–H groups in total. The summed E-state index contributed by atoms with van der Waals surface area (Å²) in [6, 6.07) is 8.26. The second-order valence-electron chi connectivity index (χ2n) is 8.02. The van der Waals surface area contributed by atoms with E-state index in [1.165, 1.54) is 23.4 Å².